The minimum Gasteiger partial charge on any atom is -0.493 e. The van der Waals surface area contributed by atoms with Crippen molar-refractivity contribution in [2.45, 2.75) is 6.92 Å². The second-order valence-electron chi connectivity index (χ2n) is 6.71. The number of carbonyl (C=O) groups is 2. The summed E-state index contributed by atoms with van der Waals surface area (Å²) in [5.74, 6) is 0.274. The molecule has 0 spiro atoms. The molecule has 0 heterocycles. The van der Waals surface area contributed by atoms with Crippen molar-refractivity contribution in [3.63, 3.8) is 0 Å². The van der Waals surface area contributed by atoms with Gasteiger partial charge in [-0.05, 0) is 55.5 Å². The molecule has 0 saturated heterocycles. The van der Waals surface area contributed by atoms with Crippen molar-refractivity contribution in [2.24, 2.45) is 5.10 Å². The van der Waals surface area contributed by atoms with E-state index in [0.29, 0.717) is 28.2 Å². The van der Waals surface area contributed by atoms with Crippen LogP contribution in [0.5, 0.6) is 17.2 Å². The largest absolute Gasteiger partial charge is 0.493 e. The van der Waals surface area contributed by atoms with Crippen LogP contribution in [0.4, 0.5) is 0 Å². The number of esters is 1. The summed E-state index contributed by atoms with van der Waals surface area (Å²) >= 11 is 3.39. The fourth-order valence-corrected chi connectivity index (χ4v) is 3.14. The molecular weight excluding hydrogens is 476 g/mol. The molecule has 7 nitrogen and oxygen atoms in total. The Morgan fingerprint density at radius 1 is 0.875 bits per heavy atom. The monoisotopic (exact) mass is 496 g/mol. The van der Waals surface area contributed by atoms with Crippen molar-refractivity contribution in [1.82, 2.24) is 5.43 Å². The molecule has 3 rings (SSSR count). The Hall–Kier alpha value is -3.65. The van der Waals surface area contributed by atoms with E-state index in [1.54, 1.807) is 42.5 Å². The van der Waals surface area contributed by atoms with Crippen LogP contribution in [0.15, 0.2) is 70.2 Å². The number of benzene rings is 3. The minimum absolute atomic E-state index is 0.279. The van der Waals surface area contributed by atoms with Gasteiger partial charge in [0.25, 0.3) is 5.91 Å². The van der Waals surface area contributed by atoms with E-state index in [1.807, 2.05) is 19.1 Å². The molecule has 32 heavy (non-hydrogen) atoms. The number of aryl methyl sites for hydroxylation is 1. The zero-order chi connectivity index (χ0) is 23.1. The third-order valence-corrected chi connectivity index (χ3v) is 4.97. The van der Waals surface area contributed by atoms with Crippen molar-refractivity contribution in [1.29, 1.82) is 0 Å². The Kier molecular flexibility index (Phi) is 7.62. The molecule has 0 radical (unpaired) electrons. The number of nitrogens with zero attached hydrogens (tertiary/aromatic N) is 1. The first kappa shape index (κ1) is 23.0. The summed E-state index contributed by atoms with van der Waals surface area (Å²) in [6, 6.07) is 17.0. The normalized spacial score (nSPS) is 10.6. The first-order chi connectivity index (χ1) is 15.4. The van der Waals surface area contributed by atoms with Crippen molar-refractivity contribution in [3.05, 3.63) is 87.4 Å². The van der Waals surface area contributed by atoms with Gasteiger partial charge in [-0.25, -0.2) is 10.2 Å². The summed E-state index contributed by atoms with van der Waals surface area (Å²) < 4.78 is 16.7. The van der Waals surface area contributed by atoms with E-state index in [-0.39, 0.29) is 11.7 Å². The number of amides is 1. The van der Waals surface area contributed by atoms with Gasteiger partial charge in [0.2, 0.25) is 0 Å². The average molecular weight is 497 g/mol. The highest BCUT2D eigenvalue weighted by Crippen LogP contribution is 2.29. The Morgan fingerprint density at radius 2 is 1.53 bits per heavy atom. The summed E-state index contributed by atoms with van der Waals surface area (Å²) in [5.41, 5.74) is 4.80. The second-order valence-corrected chi connectivity index (χ2v) is 7.62. The number of hydrogen-bond acceptors (Lipinski definition) is 6. The predicted molar refractivity (Wildman–Crippen MR) is 125 cm³/mol. The van der Waals surface area contributed by atoms with Crippen molar-refractivity contribution >= 4 is 34.0 Å². The van der Waals surface area contributed by atoms with E-state index in [9.17, 15) is 9.59 Å². The quantitative estimate of drug-likeness (QED) is 0.220. The van der Waals surface area contributed by atoms with Crippen LogP contribution in [-0.2, 0) is 0 Å². The van der Waals surface area contributed by atoms with Gasteiger partial charge in [-0.15, -0.1) is 0 Å². The third kappa shape index (κ3) is 5.73. The highest BCUT2D eigenvalue weighted by Gasteiger charge is 2.15. The number of halogens is 1. The molecule has 8 heteroatoms. The predicted octanol–water partition coefficient (Wildman–Crippen LogP) is 4.76. The fourth-order valence-electron chi connectivity index (χ4n) is 2.77. The van der Waals surface area contributed by atoms with Gasteiger partial charge in [0.05, 0.1) is 26.0 Å². The van der Waals surface area contributed by atoms with E-state index in [2.05, 4.69) is 26.5 Å². The Morgan fingerprint density at radius 3 is 2.22 bits per heavy atom. The van der Waals surface area contributed by atoms with Crippen molar-refractivity contribution < 1.29 is 23.8 Å². The van der Waals surface area contributed by atoms with Gasteiger partial charge in [0.15, 0.2) is 11.5 Å². The maximum absolute atomic E-state index is 12.7. The number of hydrazone groups is 1. The first-order valence-corrected chi connectivity index (χ1v) is 10.3. The molecule has 0 fully saturated rings. The summed E-state index contributed by atoms with van der Waals surface area (Å²) in [6.45, 7) is 1.94. The van der Waals surface area contributed by atoms with E-state index >= 15 is 0 Å². The van der Waals surface area contributed by atoms with Crippen molar-refractivity contribution in [2.75, 3.05) is 14.2 Å². The first-order valence-electron chi connectivity index (χ1n) is 9.55. The molecule has 164 valence electrons. The molecule has 3 aromatic rings. The lowest BCUT2D eigenvalue weighted by atomic mass is 10.1. The molecule has 0 aliphatic carbocycles. The van der Waals surface area contributed by atoms with Gasteiger partial charge in [-0.1, -0.05) is 33.6 Å². The lowest BCUT2D eigenvalue weighted by molar-refractivity contribution is 0.0733. The zero-order valence-corrected chi connectivity index (χ0v) is 19.3. The lowest BCUT2D eigenvalue weighted by Gasteiger charge is -2.11. The molecule has 0 aromatic heterocycles. The number of carbonyl (C=O) groups excluding carboxylic acids is 2. The molecule has 1 N–H and O–H groups in total. The molecule has 0 saturated carbocycles. The van der Waals surface area contributed by atoms with Crippen LogP contribution >= 0.6 is 15.9 Å². The van der Waals surface area contributed by atoms with Crippen LogP contribution in [0.25, 0.3) is 0 Å². The Balaban J connectivity index is 1.76. The fraction of sp³-hybridized carbons (Fsp3) is 0.125. The van der Waals surface area contributed by atoms with Gasteiger partial charge in [0, 0.05) is 15.6 Å². The van der Waals surface area contributed by atoms with Crippen LogP contribution in [0.3, 0.4) is 0 Å². The Labute approximate surface area is 194 Å². The molecule has 1 amide bonds. The van der Waals surface area contributed by atoms with Gasteiger partial charge in [0.1, 0.15) is 5.75 Å². The molecule has 3 aromatic carbocycles. The van der Waals surface area contributed by atoms with Gasteiger partial charge < -0.3 is 14.2 Å². The molecule has 0 atom stereocenters. The summed E-state index contributed by atoms with van der Waals surface area (Å²) in [5, 5.41) is 4.00. The standard InChI is InChI=1S/C24H21BrN2O5/c1-15-4-6-16(7-5-15)23(28)27-26-14-18-12-19(25)9-11-20(18)32-24(29)17-8-10-21(30-2)22(13-17)31-3/h4-14H,1-3H3,(H,27,28). The van der Waals surface area contributed by atoms with Crippen LogP contribution in [0, 0.1) is 6.92 Å². The van der Waals surface area contributed by atoms with E-state index in [1.165, 1.54) is 26.5 Å². The average Bonchev–Trinajstić information content (AvgIpc) is 2.80. The number of methoxy groups -OCH3 is 2. The number of hydrogen-bond donors (Lipinski definition) is 1. The highest BCUT2D eigenvalue weighted by molar-refractivity contribution is 9.10. The van der Waals surface area contributed by atoms with E-state index in [4.69, 9.17) is 14.2 Å². The summed E-state index contributed by atoms with van der Waals surface area (Å²) in [6.07, 6.45) is 1.41. The van der Waals surface area contributed by atoms with E-state index < -0.39 is 5.97 Å². The van der Waals surface area contributed by atoms with Gasteiger partial charge in [-0.3, -0.25) is 4.79 Å². The highest BCUT2D eigenvalue weighted by atomic mass is 79.9. The third-order valence-electron chi connectivity index (χ3n) is 4.48. The smallest absolute Gasteiger partial charge is 0.343 e. The van der Waals surface area contributed by atoms with Crippen LogP contribution < -0.4 is 19.6 Å². The lowest BCUT2D eigenvalue weighted by Crippen LogP contribution is -2.17. The Bertz CT molecular complexity index is 1160. The van der Waals surface area contributed by atoms with Gasteiger partial charge in [-0.2, -0.15) is 5.10 Å². The van der Waals surface area contributed by atoms with Crippen LogP contribution in [0.1, 0.15) is 31.8 Å². The zero-order valence-electron chi connectivity index (χ0n) is 17.7. The molecule has 0 bridgehead atoms. The van der Waals surface area contributed by atoms with Crippen LogP contribution in [0.2, 0.25) is 0 Å². The van der Waals surface area contributed by atoms with Crippen molar-refractivity contribution in [3.8, 4) is 17.2 Å². The summed E-state index contributed by atoms with van der Waals surface area (Å²) in [4.78, 5) is 24.9. The number of ether oxygens (including phenoxy) is 3. The SMILES string of the molecule is COc1ccc(C(=O)Oc2ccc(Br)cc2C=NNC(=O)c2ccc(C)cc2)cc1OC. The molecule has 0 aliphatic heterocycles. The summed E-state index contributed by atoms with van der Waals surface area (Å²) in [7, 11) is 3.00. The molecule has 0 unspecified atom stereocenters. The second kappa shape index (κ2) is 10.6. The number of nitrogens with one attached hydrogen (secondary N) is 1. The number of rotatable bonds is 7. The van der Waals surface area contributed by atoms with Crippen LogP contribution in [-0.4, -0.2) is 32.3 Å². The van der Waals surface area contributed by atoms with Gasteiger partial charge >= 0.3 is 5.97 Å². The van der Waals surface area contributed by atoms with E-state index in [0.717, 1.165) is 10.0 Å². The minimum atomic E-state index is -0.577. The molecular formula is C24H21BrN2O5. The maximum atomic E-state index is 12.7. The maximum Gasteiger partial charge on any atom is 0.343 e. The topological polar surface area (TPSA) is 86.2 Å². The molecule has 0 aliphatic rings.